The maximum Gasteiger partial charge on any atom is 0.173 e. The summed E-state index contributed by atoms with van der Waals surface area (Å²) in [6.07, 6.45) is 5.65. The van der Waals surface area contributed by atoms with E-state index in [0.717, 1.165) is 12.8 Å². The average Bonchev–Trinajstić information content (AvgIpc) is 2.46. The first-order chi connectivity index (χ1) is 8.81. The van der Waals surface area contributed by atoms with Crippen molar-refractivity contribution in [3.05, 3.63) is 24.3 Å². The van der Waals surface area contributed by atoms with Gasteiger partial charge in [-0.15, -0.1) is 0 Å². The van der Waals surface area contributed by atoms with Gasteiger partial charge in [0.2, 0.25) is 0 Å². The number of Topliss-reactive ketones (excluding diaryl/α,β-unsaturated/α-hetero) is 1. The second kappa shape index (κ2) is 6.43. The Bertz CT molecular complexity index is 394. The lowest BCUT2D eigenvalue weighted by Crippen LogP contribution is -2.23. The molecule has 1 fully saturated rings. The Balaban J connectivity index is 1.88. The largest absolute Gasteiger partial charge is 0.493 e. The van der Waals surface area contributed by atoms with Gasteiger partial charge in [0.25, 0.3) is 0 Å². The van der Waals surface area contributed by atoms with Gasteiger partial charge in [0, 0.05) is 5.92 Å². The van der Waals surface area contributed by atoms with E-state index >= 15 is 0 Å². The lowest BCUT2D eigenvalue weighted by molar-refractivity contribution is -0.125. The molecule has 2 rings (SSSR count). The van der Waals surface area contributed by atoms with Crippen LogP contribution in [0.4, 0.5) is 0 Å². The van der Waals surface area contributed by atoms with Crippen molar-refractivity contribution in [1.82, 2.24) is 0 Å². The molecule has 0 aliphatic heterocycles. The van der Waals surface area contributed by atoms with Crippen LogP contribution in [-0.2, 0) is 4.79 Å². The summed E-state index contributed by atoms with van der Waals surface area (Å²) < 4.78 is 10.8. The van der Waals surface area contributed by atoms with Gasteiger partial charge in [0.1, 0.15) is 6.61 Å². The monoisotopic (exact) mass is 248 g/mol. The van der Waals surface area contributed by atoms with Crippen molar-refractivity contribution in [2.45, 2.75) is 32.1 Å². The van der Waals surface area contributed by atoms with E-state index in [0.29, 0.717) is 11.5 Å². The maximum absolute atomic E-state index is 12.0. The predicted molar refractivity (Wildman–Crippen MR) is 70.1 cm³/mol. The third kappa shape index (κ3) is 3.25. The van der Waals surface area contributed by atoms with Crippen molar-refractivity contribution < 1.29 is 14.3 Å². The van der Waals surface area contributed by atoms with E-state index in [1.54, 1.807) is 7.11 Å². The number of para-hydroxylation sites is 2. The Morgan fingerprint density at radius 3 is 2.50 bits per heavy atom. The minimum Gasteiger partial charge on any atom is -0.493 e. The summed E-state index contributed by atoms with van der Waals surface area (Å²) in [6, 6.07) is 7.42. The zero-order chi connectivity index (χ0) is 12.8. The van der Waals surface area contributed by atoms with Crippen molar-refractivity contribution in [2.75, 3.05) is 13.7 Å². The van der Waals surface area contributed by atoms with Crippen molar-refractivity contribution in [1.29, 1.82) is 0 Å². The fourth-order valence-electron chi connectivity index (χ4n) is 2.43. The SMILES string of the molecule is COc1ccccc1OCC(=O)C1CCCCC1. The van der Waals surface area contributed by atoms with E-state index in [1.165, 1.54) is 19.3 Å². The molecule has 1 aliphatic rings. The number of carbonyl (C=O) groups excluding carboxylic acids is 1. The fourth-order valence-corrected chi connectivity index (χ4v) is 2.43. The zero-order valence-corrected chi connectivity index (χ0v) is 10.9. The van der Waals surface area contributed by atoms with Crippen LogP contribution in [0, 0.1) is 5.92 Å². The van der Waals surface area contributed by atoms with Gasteiger partial charge < -0.3 is 9.47 Å². The molecule has 0 heterocycles. The van der Waals surface area contributed by atoms with Crippen LogP contribution in [0.5, 0.6) is 11.5 Å². The molecule has 98 valence electrons. The Hall–Kier alpha value is -1.51. The molecular formula is C15H20O3. The molecule has 0 amide bonds. The summed E-state index contributed by atoms with van der Waals surface area (Å²) in [5.74, 6) is 1.74. The van der Waals surface area contributed by atoms with Crippen LogP contribution >= 0.6 is 0 Å². The molecule has 0 atom stereocenters. The highest BCUT2D eigenvalue weighted by atomic mass is 16.5. The zero-order valence-electron chi connectivity index (χ0n) is 10.9. The molecule has 0 radical (unpaired) electrons. The number of ether oxygens (including phenoxy) is 2. The van der Waals surface area contributed by atoms with E-state index in [-0.39, 0.29) is 18.3 Å². The highest BCUT2D eigenvalue weighted by Gasteiger charge is 2.21. The Morgan fingerprint density at radius 2 is 1.83 bits per heavy atom. The summed E-state index contributed by atoms with van der Waals surface area (Å²) >= 11 is 0. The molecule has 3 nitrogen and oxygen atoms in total. The standard InChI is InChI=1S/C15H20O3/c1-17-14-9-5-6-10-15(14)18-11-13(16)12-7-3-2-4-8-12/h5-6,9-10,12H,2-4,7-8,11H2,1H3. The second-order valence-corrected chi connectivity index (χ2v) is 4.74. The van der Waals surface area contributed by atoms with Crippen LogP contribution < -0.4 is 9.47 Å². The van der Waals surface area contributed by atoms with Crippen LogP contribution in [0.15, 0.2) is 24.3 Å². The van der Waals surface area contributed by atoms with Crippen LogP contribution in [0.3, 0.4) is 0 Å². The molecule has 0 saturated heterocycles. The van der Waals surface area contributed by atoms with Crippen molar-refractivity contribution >= 4 is 5.78 Å². The first-order valence-corrected chi connectivity index (χ1v) is 6.60. The molecule has 1 aromatic carbocycles. The van der Waals surface area contributed by atoms with E-state index in [1.807, 2.05) is 24.3 Å². The number of rotatable bonds is 5. The van der Waals surface area contributed by atoms with Crippen molar-refractivity contribution in [3.63, 3.8) is 0 Å². The van der Waals surface area contributed by atoms with Gasteiger partial charge in [-0.2, -0.15) is 0 Å². The smallest absolute Gasteiger partial charge is 0.173 e. The molecule has 1 aromatic rings. The third-order valence-corrected chi connectivity index (χ3v) is 3.50. The van der Waals surface area contributed by atoms with Crippen molar-refractivity contribution in [2.24, 2.45) is 5.92 Å². The first kappa shape index (κ1) is 12.9. The van der Waals surface area contributed by atoms with Crippen LogP contribution in [0.1, 0.15) is 32.1 Å². The van der Waals surface area contributed by atoms with Gasteiger partial charge in [-0.3, -0.25) is 4.79 Å². The molecule has 3 heteroatoms. The van der Waals surface area contributed by atoms with E-state index in [4.69, 9.17) is 9.47 Å². The minimum absolute atomic E-state index is 0.158. The van der Waals surface area contributed by atoms with E-state index < -0.39 is 0 Å². The molecule has 0 bridgehead atoms. The van der Waals surface area contributed by atoms with Crippen LogP contribution in [0.25, 0.3) is 0 Å². The summed E-state index contributed by atoms with van der Waals surface area (Å²) in [6.45, 7) is 0.158. The first-order valence-electron chi connectivity index (χ1n) is 6.60. The van der Waals surface area contributed by atoms with Gasteiger partial charge >= 0.3 is 0 Å². The fraction of sp³-hybridized carbons (Fsp3) is 0.533. The van der Waals surface area contributed by atoms with Gasteiger partial charge in [0.05, 0.1) is 7.11 Å². The predicted octanol–water partition coefficient (Wildman–Crippen LogP) is 3.22. The van der Waals surface area contributed by atoms with Crippen molar-refractivity contribution in [3.8, 4) is 11.5 Å². The number of carbonyl (C=O) groups is 1. The Morgan fingerprint density at radius 1 is 1.17 bits per heavy atom. The molecular weight excluding hydrogens is 228 g/mol. The highest BCUT2D eigenvalue weighted by molar-refractivity contribution is 5.82. The van der Waals surface area contributed by atoms with Crippen LogP contribution in [-0.4, -0.2) is 19.5 Å². The molecule has 1 saturated carbocycles. The Labute approximate surface area is 108 Å². The summed E-state index contributed by atoms with van der Waals surface area (Å²) in [5.41, 5.74) is 0. The summed E-state index contributed by atoms with van der Waals surface area (Å²) in [4.78, 5) is 12.0. The van der Waals surface area contributed by atoms with E-state index in [2.05, 4.69) is 0 Å². The molecule has 0 unspecified atom stereocenters. The molecule has 1 aliphatic carbocycles. The minimum atomic E-state index is 0.158. The topological polar surface area (TPSA) is 35.5 Å². The normalized spacial score (nSPS) is 16.3. The highest BCUT2D eigenvalue weighted by Crippen LogP contribution is 2.27. The number of benzene rings is 1. The number of hydrogen-bond acceptors (Lipinski definition) is 3. The molecule has 0 spiro atoms. The van der Waals surface area contributed by atoms with Gasteiger partial charge in [0.15, 0.2) is 17.3 Å². The van der Waals surface area contributed by atoms with Gasteiger partial charge in [-0.25, -0.2) is 0 Å². The Kier molecular flexibility index (Phi) is 4.62. The second-order valence-electron chi connectivity index (χ2n) is 4.74. The average molecular weight is 248 g/mol. The lowest BCUT2D eigenvalue weighted by Gasteiger charge is -2.20. The number of ketones is 1. The van der Waals surface area contributed by atoms with E-state index in [9.17, 15) is 4.79 Å². The number of hydrogen-bond donors (Lipinski definition) is 0. The summed E-state index contributed by atoms with van der Waals surface area (Å²) in [5, 5.41) is 0. The van der Waals surface area contributed by atoms with Crippen LogP contribution in [0.2, 0.25) is 0 Å². The number of methoxy groups -OCH3 is 1. The molecule has 18 heavy (non-hydrogen) atoms. The van der Waals surface area contributed by atoms with Gasteiger partial charge in [-0.05, 0) is 25.0 Å². The molecule has 0 aromatic heterocycles. The molecule has 0 N–H and O–H groups in total. The maximum atomic E-state index is 12.0. The lowest BCUT2D eigenvalue weighted by atomic mass is 9.86. The van der Waals surface area contributed by atoms with Gasteiger partial charge in [-0.1, -0.05) is 31.4 Å². The third-order valence-electron chi connectivity index (χ3n) is 3.50. The summed E-state index contributed by atoms with van der Waals surface area (Å²) in [7, 11) is 1.60. The quantitative estimate of drug-likeness (QED) is 0.802.